The zero-order chi connectivity index (χ0) is 11.3. The van der Waals surface area contributed by atoms with Crippen molar-refractivity contribution in [3.05, 3.63) is 17.3 Å². The van der Waals surface area contributed by atoms with Crippen LogP contribution in [0.2, 0.25) is 5.15 Å². The molecule has 0 aliphatic rings. The van der Waals surface area contributed by atoms with E-state index in [9.17, 15) is 4.79 Å². The number of halogens is 1. The van der Waals surface area contributed by atoms with Crippen LogP contribution in [0.1, 0.15) is 12.8 Å². The molecule has 1 aromatic rings. The fraction of sp³-hybridized carbons (Fsp3) is 0.333. The first kappa shape index (κ1) is 11.6. The fourth-order valence-electron chi connectivity index (χ4n) is 1.09. The van der Waals surface area contributed by atoms with Crippen molar-refractivity contribution in [2.45, 2.75) is 12.8 Å². The highest BCUT2D eigenvalue weighted by Crippen LogP contribution is 2.15. The van der Waals surface area contributed by atoms with Gasteiger partial charge in [0, 0.05) is 24.7 Å². The van der Waals surface area contributed by atoms with Gasteiger partial charge in [-0.2, -0.15) is 0 Å². The number of primary amides is 1. The number of nitrogens with one attached hydrogen (secondary N) is 1. The Morgan fingerprint density at radius 3 is 2.87 bits per heavy atom. The lowest BCUT2D eigenvalue weighted by atomic mass is 10.3. The van der Waals surface area contributed by atoms with E-state index in [-0.39, 0.29) is 5.91 Å². The summed E-state index contributed by atoms with van der Waals surface area (Å²) in [6.07, 6.45) is 1.01. The van der Waals surface area contributed by atoms with E-state index >= 15 is 0 Å². The largest absolute Gasteiger partial charge is 0.399 e. The third-order valence-electron chi connectivity index (χ3n) is 1.72. The smallest absolute Gasteiger partial charge is 0.217 e. The Morgan fingerprint density at radius 2 is 2.27 bits per heavy atom. The number of amides is 1. The predicted molar refractivity (Wildman–Crippen MR) is 60.6 cm³/mol. The highest BCUT2D eigenvalue weighted by Gasteiger charge is 1.99. The molecule has 0 fully saturated rings. The number of hydrogen-bond acceptors (Lipinski definition) is 4. The van der Waals surface area contributed by atoms with Crippen LogP contribution in [0.4, 0.5) is 11.5 Å². The fourth-order valence-corrected chi connectivity index (χ4v) is 1.30. The minimum absolute atomic E-state index is 0.310. The summed E-state index contributed by atoms with van der Waals surface area (Å²) in [5.41, 5.74) is 11.1. The summed E-state index contributed by atoms with van der Waals surface area (Å²) in [4.78, 5) is 14.5. The zero-order valence-electron chi connectivity index (χ0n) is 8.16. The molecule has 1 heterocycles. The first-order valence-corrected chi connectivity index (χ1v) is 4.91. The summed E-state index contributed by atoms with van der Waals surface area (Å²) >= 11 is 5.71. The van der Waals surface area contributed by atoms with Gasteiger partial charge in [-0.3, -0.25) is 4.79 Å². The minimum Gasteiger partial charge on any atom is -0.399 e. The molecule has 0 spiro atoms. The number of carbonyl (C=O) groups excluding carboxylic acids is 1. The van der Waals surface area contributed by atoms with Gasteiger partial charge >= 0.3 is 0 Å². The Morgan fingerprint density at radius 1 is 1.53 bits per heavy atom. The van der Waals surface area contributed by atoms with E-state index < -0.39 is 0 Å². The second-order valence-electron chi connectivity index (χ2n) is 3.11. The lowest BCUT2D eigenvalue weighted by Gasteiger charge is -2.05. The van der Waals surface area contributed by atoms with Crippen molar-refractivity contribution < 1.29 is 4.79 Å². The van der Waals surface area contributed by atoms with E-state index in [1.54, 1.807) is 12.1 Å². The van der Waals surface area contributed by atoms with Crippen LogP contribution in [-0.4, -0.2) is 17.4 Å². The molecule has 0 aliphatic heterocycles. The number of hydrogen-bond donors (Lipinski definition) is 3. The van der Waals surface area contributed by atoms with Crippen molar-refractivity contribution in [2.75, 3.05) is 17.6 Å². The summed E-state index contributed by atoms with van der Waals surface area (Å²) in [5, 5.41) is 3.34. The Kier molecular flexibility index (Phi) is 4.17. The quantitative estimate of drug-likeness (QED) is 0.518. The Hall–Kier alpha value is -1.49. The number of nitrogen functional groups attached to an aromatic ring is 1. The number of nitrogens with zero attached hydrogens (tertiary/aromatic N) is 1. The second kappa shape index (κ2) is 5.41. The summed E-state index contributed by atoms with van der Waals surface area (Å²) in [6, 6.07) is 3.24. The van der Waals surface area contributed by atoms with Crippen LogP contribution in [0, 0.1) is 0 Å². The van der Waals surface area contributed by atoms with Crippen LogP contribution in [0.25, 0.3) is 0 Å². The molecule has 0 aliphatic carbocycles. The molecule has 0 radical (unpaired) electrons. The Labute approximate surface area is 92.8 Å². The third-order valence-corrected chi connectivity index (χ3v) is 1.92. The van der Waals surface area contributed by atoms with Gasteiger partial charge in [0.15, 0.2) is 0 Å². The monoisotopic (exact) mass is 228 g/mol. The second-order valence-corrected chi connectivity index (χ2v) is 3.49. The molecule has 6 heteroatoms. The van der Waals surface area contributed by atoms with Crippen LogP contribution >= 0.6 is 11.6 Å². The van der Waals surface area contributed by atoms with Crippen LogP contribution in [0.3, 0.4) is 0 Å². The molecule has 0 bridgehead atoms. The zero-order valence-corrected chi connectivity index (χ0v) is 8.92. The van der Waals surface area contributed by atoms with Crippen LogP contribution < -0.4 is 16.8 Å². The number of pyridine rings is 1. The van der Waals surface area contributed by atoms with Gasteiger partial charge in [-0.05, 0) is 12.5 Å². The highest BCUT2D eigenvalue weighted by molar-refractivity contribution is 6.29. The van der Waals surface area contributed by atoms with E-state index in [0.717, 1.165) is 0 Å². The molecule has 0 atom stereocenters. The Bertz CT molecular complexity index is 336. The lowest BCUT2D eigenvalue weighted by Crippen LogP contribution is -2.13. The molecule has 15 heavy (non-hydrogen) atoms. The van der Waals surface area contributed by atoms with Crippen LogP contribution in [0.15, 0.2) is 12.1 Å². The van der Waals surface area contributed by atoms with Crippen molar-refractivity contribution >= 4 is 29.0 Å². The average Bonchev–Trinajstić information content (AvgIpc) is 2.10. The normalized spacial score (nSPS) is 9.93. The number of carbonyl (C=O) groups is 1. The van der Waals surface area contributed by atoms with Gasteiger partial charge < -0.3 is 16.8 Å². The van der Waals surface area contributed by atoms with Crippen LogP contribution in [-0.2, 0) is 4.79 Å². The van der Waals surface area contributed by atoms with Gasteiger partial charge in [0.2, 0.25) is 5.91 Å². The van der Waals surface area contributed by atoms with Crippen molar-refractivity contribution in [2.24, 2.45) is 5.73 Å². The van der Waals surface area contributed by atoms with Crippen molar-refractivity contribution in [3.63, 3.8) is 0 Å². The van der Waals surface area contributed by atoms with E-state index in [2.05, 4.69) is 10.3 Å². The molecule has 0 saturated carbocycles. The van der Waals surface area contributed by atoms with Crippen LogP contribution in [0.5, 0.6) is 0 Å². The molecular formula is C9H13ClN4O. The van der Waals surface area contributed by atoms with Gasteiger partial charge in [0.25, 0.3) is 0 Å². The number of aromatic nitrogens is 1. The molecule has 0 saturated heterocycles. The molecule has 5 nitrogen and oxygen atoms in total. The maximum absolute atomic E-state index is 10.5. The summed E-state index contributed by atoms with van der Waals surface area (Å²) in [6.45, 7) is 0.607. The molecule has 1 amide bonds. The van der Waals surface area contributed by atoms with Gasteiger partial charge in [-0.1, -0.05) is 11.6 Å². The minimum atomic E-state index is -0.310. The van der Waals surface area contributed by atoms with Gasteiger partial charge in [0.05, 0.1) is 0 Å². The van der Waals surface area contributed by atoms with Gasteiger partial charge in [-0.15, -0.1) is 0 Å². The van der Waals surface area contributed by atoms with E-state index in [0.29, 0.717) is 36.0 Å². The summed E-state index contributed by atoms with van der Waals surface area (Å²) in [7, 11) is 0. The predicted octanol–water partition coefficient (Wildman–Crippen LogP) is 0.995. The number of rotatable bonds is 5. The first-order chi connectivity index (χ1) is 7.08. The molecule has 1 aromatic heterocycles. The molecule has 0 aromatic carbocycles. The lowest BCUT2D eigenvalue weighted by molar-refractivity contribution is -0.118. The van der Waals surface area contributed by atoms with Crippen molar-refractivity contribution in [1.29, 1.82) is 0 Å². The van der Waals surface area contributed by atoms with E-state index in [1.165, 1.54) is 0 Å². The molecule has 82 valence electrons. The third kappa shape index (κ3) is 4.51. The van der Waals surface area contributed by atoms with Crippen molar-refractivity contribution in [3.8, 4) is 0 Å². The highest BCUT2D eigenvalue weighted by atomic mass is 35.5. The van der Waals surface area contributed by atoms with Gasteiger partial charge in [-0.25, -0.2) is 4.98 Å². The topological polar surface area (TPSA) is 94.0 Å². The van der Waals surface area contributed by atoms with Crippen molar-refractivity contribution in [1.82, 2.24) is 4.98 Å². The first-order valence-electron chi connectivity index (χ1n) is 4.53. The number of anilines is 2. The maximum atomic E-state index is 10.5. The average molecular weight is 229 g/mol. The summed E-state index contributed by atoms with van der Waals surface area (Å²) < 4.78 is 0. The summed E-state index contributed by atoms with van der Waals surface area (Å²) in [5.74, 6) is 0.292. The SMILES string of the molecule is NC(=O)CCCNc1cc(N)cc(Cl)n1. The maximum Gasteiger partial charge on any atom is 0.217 e. The van der Waals surface area contributed by atoms with E-state index in [1.807, 2.05) is 0 Å². The van der Waals surface area contributed by atoms with E-state index in [4.69, 9.17) is 23.1 Å². The standard InChI is InChI=1S/C9H13ClN4O/c10-7-4-6(11)5-9(14-7)13-3-1-2-8(12)15/h4-5H,1-3H2,(H2,12,15)(H3,11,13,14). The Balaban J connectivity index is 2.40. The molecule has 1 rings (SSSR count). The molecular weight excluding hydrogens is 216 g/mol. The number of nitrogens with two attached hydrogens (primary N) is 2. The molecule has 0 unspecified atom stereocenters. The van der Waals surface area contributed by atoms with Gasteiger partial charge in [0.1, 0.15) is 11.0 Å². The molecule has 5 N–H and O–H groups in total.